The van der Waals surface area contributed by atoms with Gasteiger partial charge in [0.05, 0.1) is 5.52 Å². The number of rotatable bonds is 15. The molecule has 0 aliphatic rings. The molecule has 1 aromatic heterocycles. The molecule has 10 heteroatoms. The molecule has 1 heterocycles. The second-order valence-corrected chi connectivity index (χ2v) is 15.0. The molecular weight excluding hydrogens is 733 g/mol. The number of unbranched alkanes of at least 4 members (excludes halogenated alkanes) is 1. The molecule has 0 N–H and O–H groups in total. The molecule has 0 fully saturated rings. The van der Waals surface area contributed by atoms with E-state index in [1.54, 1.807) is 12.1 Å². The Morgan fingerprint density at radius 3 is 2.12 bits per heavy atom. The van der Waals surface area contributed by atoms with Gasteiger partial charge in [-0.05, 0) is 98.0 Å². The van der Waals surface area contributed by atoms with Gasteiger partial charge in [0.15, 0.2) is 12.4 Å². The molecule has 0 aliphatic heterocycles. The van der Waals surface area contributed by atoms with Gasteiger partial charge in [0.1, 0.15) is 11.5 Å². The Morgan fingerprint density at radius 1 is 0.807 bits per heavy atom. The summed E-state index contributed by atoms with van der Waals surface area (Å²) in [6, 6.07) is 23.7. The van der Waals surface area contributed by atoms with Gasteiger partial charge in [-0.3, -0.25) is 4.79 Å². The third-order valence-electron chi connectivity index (χ3n) is 11.1. The lowest BCUT2D eigenvalue weighted by atomic mass is 9.87. The predicted octanol–water partition coefficient (Wildman–Crippen LogP) is 12.2. The molecule has 1 unspecified atom stereocenters. The van der Waals surface area contributed by atoms with Crippen LogP contribution in [0, 0.1) is 33.6 Å². The number of hydrogen-bond donors (Lipinski definition) is 0. The fraction of sp³-hybridized carbons (Fsp3) is 0.340. The fourth-order valence-electron chi connectivity index (χ4n) is 7.75. The number of nitrogens with zero attached hydrogens (tertiary/aromatic N) is 2. The highest BCUT2D eigenvalue weighted by Crippen LogP contribution is 2.40. The molecule has 6 aromatic rings. The molecule has 5 aromatic carbocycles. The lowest BCUT2D eigenvalue weighted by Crippen LogP contribution is -2.34. The van der Waals surface area contributed by atoms with E-state index in [1.165, 1.54) is 25.1 Å². The Kier molecular flexibility index (Phi) is 12.2. The summed E-state index contributed by atoms with van der Waals surface area (Å²) in [7, 11) is 0. The fourth-order valence-corrected chi connectivity index (χ4v) is 7.75. The number of halogens is 4. The van der Waals surface area contributed by atoms with Crippen molar-refractivity contribution in [2.24, 2.45) is 11.1 Å². The van der Waals surface area contributed by atoms with Crippen LogP contribution >= 0.6 is 0 Å². The van der Waals surface area contributed by atoms with E-state index in [-0.39, 0.29) is 22.8 Å². The Balaban J connectivity index is 1.65. The lowest BCUT2D eigenvalue weighted by Gasteiger charge is -2.19. The number of para-hydroxylation sites is 1. The van der Waals surface area contributed by atoms with Gasteiger partial charge < -0.3 is 14.1 Å². The molecule has 0 aliphatic carbocycles. The number of ether oxygens (including phenoxy) is 1. The van der Waals surface area contributed by atoms with Gasteiger partial charge in [-0.25, -0.2) is 13.6 Å². The number of fused-ring (bicyclic) bond motifs is 5. The molecule has 0 saturated heterocycles. The Bertz CT molecular complexity index is 2490. The molecule has 6 nitrogen and oxygen atoms in total. The van der Waals surface area contributed by atoms with Crippen LogP contribution in [0.3, 0.4) is 0 Å². The summed E-state index contributed by atoms with van der Waals surface area (Å²) in [6.45, 7) is 12.7. The zero-order chi connectivity index (χ0) is 41.2. The molecule has 0 bridgehead atoms. The lowest BCUT2D eigenvalue weighted by molar-refractivity contribution is -0.148. The molecule has 1 atom stereocenters. The van der Waals surface area contributed by atoms with E-state index in [1.807, 2.05) is 64.1 Å². The van der Waals surface area contributed by atoms with Crippen LogP contribution in [-0.2, 0) is 16.2 Å². The topological polar surface area (TPSA) is 69.9 Å². The molecule has 6 rings (SSSR count). The van der Waals surface area contributed by atoms with Crippen LogP contribution in [0.4, 0.5) is 17.6 Å². The van der Waals surface area contributed by atoms with Gasteiger partial charge in [0.25, 0.3) is 0 Å². The number of oxime groups is 1. The van der Waals surface area contributed by atoms with Crippen molar-refractivity contribution in [2.75, 3.05) is 6.61 Å². The number of aromatic nitrogens is 1. The number of ketones is 1. The van der Waals surface area contributed by atoms with Gasteiger partial charge >= 0.3 is 18.3 Å². The summed E-state index contributed by atoms with van der Waals surface area (Å²) in [6.07, 6.45) is 0.262. The molecule has 0 amide bonds. The van der Waals surface area contributed by atoms with E-state index in [4.69, 9.17) is 9.57 Å². The minimum atomic E-state index is -4.40. The molecule has 0 spiro atoms. The van der Waals surface area contributed by atoms with Crippen molar-refractivity contribution < 1.29 is 36.7 Å². The zero-order valence-corrected chi connectivity index (χ0v) is 33.4. The van der Waals surface area contributed by atoms with E-state index in [9.17, 15) is 27.2 Å². The van der Waals surface area contributed by atoms with Crippen molar-refractivity contribution in [2.45, 2.75) is 93.0 Å². The van der Waals surface area contributed by atoms with Gasteiger partial charge in [0.2, 0.25) is 0 Å². The van der Waals surface area contributed by atoms with Crippen molar-refractivity contribution in [1.29, 1.82) is 0 Å². The second-order valence-electron chi connectivity index (χ2n) is 15.0. The van der Waals surface area contributed by atoms with Crippen LogP contribution in [0.25, 0.3) is 32.6 Å². The standard InChI is InChI=1S/C47H48F4N2O4/c1-8-10-15-32(9-2)25-53-40-21-20-33(43(52-57-31(7)54)36-18-13-14-19-41(36)56-26-47(50,51)46(48)49)23-37(40)38-24-39(34-16-11-12-17-35(34)44(38)53)45(55)42-29(5)27(3)22-28(4)30(42)6/h11-14,16-24,32,46H,8-10,15,25-26H2,1-7H3/b52-43-. The van der Waals surface area contributed by atoms with E-state index in [2.05, 4.69) is 35.7 Å². The van der Waals surface area contributed by atoms with E-state index in [0.717, 1.165) is 87.1 Å². The van der Waals surface area contributed by atoms with Gasteiger partial charge in [-0.2, -0.15) is 8.78 Å². The minimum absolute atomic E-state index is 0.0666. The summed E-state index contributed by atoms with van der Waals surface area (Å²) in [4.78, 5) is 32.1. The minimum Gasteiger partial charge on any atom is -0.486 e. The maximum atomic E-state index is 14.9. The highest BCUT2D eigenvalue weighted by Gasteiger charge is 2.42. The first-order valence-electron chi connectivity index (χ1n) is 19.4. The smallest absolute Gasteiger partial charge is 0.340 e. The quantitative estimate of drug-likeness (QED) is 0.0342. The SMILES string of the molecule is CCCCC(CC)Cn1c2ccc(/C(=N/OC(C)=O)c3ccccc3OCC(F)(F)C(F)F)cc2c2cc(C(=O)c3c(C)c(C)cc(C)c3C)c3ccccc3c21. The normalized spacial score (nSPS) is 12.9. The largest absolute Gasteiger partial charge is 0.486 e. The van der Waals surface area contributed by atoms with Crippen molar-refractivity contribution in [1.82, 2.24) is 4.57 Å². The number of aryl methyl sites for hydroxylation is 2. The van der Waals surface area contributed by atoms with Crippen molar-refractivity contribution in [3.8, 4) is 5.75 Å². The Morgan fingerprint density at radius 2 is 1.47 bits per heavy atom. The third kappa shape index (κ3) is 8.18. The van der Waals surface area contributed by atoms with E-state index in [0.29, 0.717) is 22.6 Å². The first-order chi connectivity index (χ1) is 27.2. The maximum Gasteiger partial charge on any atom is 0.340 e. The van der Waals surface area contributed by atoms with Crippen LogP contribution in [-0.4, -0.2) is 41.0 Å². The average molecular weight is 781 g/mol. The Hall–Kier alpha value is -5.51. The molecule has 0 radical (unpaired) electrons. The van der Waals surface area contributed by atoms with E-state index >= 15 is 0 Å². The van der Waals surface area contributed by atoms with Gasteiger partial charge in [-0.15, -0.1) is 0 Å². The summed E-state index contributed by atoms with van der Waals surface area (Å²) in [5.74, 6) is -4.98. The van der Waals surface area contributed by atoms with Crippen LogP contribution < -0.4 is 4.74 Å². The van der Waals surface area contributed by atoms with Crippen LogP contribution in [0.5, 0.6) is 5.75 Å². The highest BCUT2D eigenvalue weighted by molar-refractivity contribution is 6.27. The zero-order valence-electron chi connectivity index (χ0n) is 33.4. The number of carbonyl (C=O) groups is 2. The third-order valence-corrected chi connectivity index (χ3v) is 11.1. The second kappa shape index (κ2) is 16.9. The summed E-state index contributed by atoms with van der Waals surface area (Å²) in [5.41, 5.74) is 7.70. The number of benzene rings is 5. The van der Waals surface area contributed by atoms with Gasteiger partial charge in [0, 0.05) is 57.4 Å². The van der Waals surface area contributed by atoms with Crippen LogP contribution in [0.1, 0.15) is 95.8 Å². The first-order valence-corrected chi connectivity index (χ1v) is 19.4. The summed E-state index contributed by atoms with van der Waals surface area (Å²) < 4.78 is 61.9. The Labute approximate surface area is 330 Å². The molecule has 298 valence electrons. The molecule has 57 heavy (non-hydrogen) atoms. The van der Waals surface area contributed by atoms with Crippen molar-refractivity contribution >= 4 is 50.0 Å². The van der Waals surface area contributed by atoms with Crippen molar-refractivity contribution in [3.63, 3.8) is 0 Å². The molecule has 0 saturated carbocycles. The predicted molar refractivity (Wildman–Crippen MR) is 219 cm³/mol. The molecular formula is C47H48F4N2O4. The number of carbonyl (C=O) groups excluding carboxylic acids is 2. The van der Waals surface area contributed by atoms with Crippen LogP contribution in [0.15, 0.2) is 84.0 Å². The maximum absolute atomic E-state index is 14.9. The van der Waals surface area contributed by atoms with E-state index < -0.39 is 24.9 Å². The number of hydrogen-bond acceptors (Lipinski definition) is 5. The monoisotopic (exact) mass is 780 g/mol. The number of alkyl halides is 4. The highest BCUT2D eigenvalue weighted by atomic mass is 19.3. The van der Waals surface area contributed by atoms with Crippen LogP contribution in [0.2, 0.25) is 0 Å². The summed E-state index contributed by atoms with van der Waals surface area (Å²) >= 11 is 0. The first kappa shape index (κ1) is 41.1. The average Bonchev–Trinajstić information content (AvgIpc) is 3.50. The summed E-state index contributed by atoms with van der Waals surface area (Å²) in [5, 5.41) is 7.53. The van der Waals surface area contributed by atoms with Gasteiger partial charge in [-0.1, -0.05) is 86.8 Å². The van der Waals surface area contributed by atoms with Crippen molar-refractivity contribution in [3.05, 3.63) is 123 Å².